The Labute approximate surface area is 129 Å². The second-order valence-corrected chi connectivity index (χ2v) is 6.45. The number of hydrogen-bond acceptors (Lipinski definition) is 5. The van der Waals surface area contributed by atoms with E-state index in [9.17, 15) is 9.90 Å². The van der Waals surface area contributed by atoms with Crippen LogP contribution in [0.3, 0.4) is 0 Å². The number of aliphatic hydroxyl groups excluding tert-OH is 1. The van der Waals surface area contributed by atoms with Crippen LogP contribution in [-0.4, -0.2) is 17.6 Å². The highest BCUT2D eigenvalue weighted by atomic mass is 32.1. The van der Waals surface area contributed by atoms with Gasteiger partial charge in [-0.25, -0.2) is 0 Å². The van der Waals surface area contributed by atoms with Crippen molar-refractivity contribution >= 4 is 28.6 Å². The molecule has 1 amide bonds. The summed E-state index contributed by atoms with van der Waals surface area (Å²) in [5, 5.41) is 14.8. The number of furan rings is 1. The van der Waals surface area contributed by atoms with Crippen LogP contribution < -0.4 is 5.32 Å². The third-order valence-corrected chi connectivity index (χ3v) is 5.17. The topological polar surface area (TPSA) is 62.5 Å². The van der Waals surface area contributed by atoms with Gasteiger partial charge in [-0.3, -0.25) is 4.79 Å². The monoisotopic (exact) mass is 319 g/mol. The van der Waals surface area contributed by atoms with Crippen molar-refractivity contribution in [1.29, 1.82) is 0 Å². The highest BCUT2D eigenvalue weighted by molar-refractivity contribution is 7.21. The Morgan fingerprint density at radius 3 is 2.86 bits per heavy atom. The van der Waals surface area contributed by atoms with E-state index in [0.717, 1.165) is 9.75 Å². The molecule has 0 fully saturated rings. The second-order valence-electron chi connectivity index (χ2n) is 4.38. The molecule has 0 bridgehead atoms. The van der Waals surface area contributed by atoms with E-state index in [0.29, 0.717) is 0 Å². The van der Waals surface area contributed by atoms with Crippen LogP contribution in [0.1, 0.15) is 21.5 Å². The first kappa shape index (κ1) is 14.1. The van der Waals surface area contributed by atoms with E-state index in [-0.39, 0.29) is 18.2 Å². The summed E-state index contributed by atoms with van der Waals surface area (Å²) < 4.78 is 5.00. The molecule has 6 heteroatoms. The van der Waals surface area contributed by atoms with Crippen LogP contribution in [-0.2, 0) is 0 Å². The van der Waals surface area contributed by atoms with Crippen LogP contribution >= 0.6 is 22.7 Å². The lowest BCUT2D eigenvalue weighted by Crippen LogP contribution is -2.27. The fraction of sp³-hybridized carbons (Fsp3) is 0.133. The van der Waals surface area contributed by atoms with Crippen molar-refractivity contribution in [2.75, 3.05) is 6.54 Å². The van der Waals surface area contributed by atoms with E-state index in [4.69, 9.17) is 4.42 Å². The number of carbonyl (C=O) groups is 1. The molecule has 2 N–H and O–H groups in total. The predicted molar refractivity (Wildman–Crippen MR) is 83.6 cm³/mol. The van der Waals surface area contributed by atoms with E-state index in [1.807, 2.05) is 29.6 Å². The van der Waals surface area contributed by atoms with E-state index in [1.165, 1.54) is 22.5 Å². The molecule has 4 nitrogen and oxygen atoms in total. The summed E-state index contributed by atoms with van der Waals surface area (Å²) in [5.74, 6) is -0.0817. The minimum absolute atomic E-state index is 0.157. The zero-order valence-corrected chi connectivity index (χ0v) is 12.6. The number of amides is 1. The number of hydrogen-bond donors (Lipinski definition) is 2. The van der Waals surface area contributed by atoms with Crippen molar-refractivity contribution in [2.24, 2.45) is 0 Å². The van der Waals surface area contributed by atoms with Crippen molar-refractivity contribution in [3.63, 3.8) is 0 Å². The first-order valence-corrected chi connectivity index (χ1v) is 8.07. The maximum absolute atomic E-state index is 11.7. The van der Waals surface area contributed by atoms with Gasteiger partial charge in [0.15, 0.2) is 5.76 Å². The quantitative estimate of drug-likeness (QED) is 0.756. The van der Waals surface area contributed by atoms with Crippen LogP contribution in [0.5, 0.6) is 0 Å². The number of aliphatic hydroxyl groups is 1. The highest BCUT2D eigenvalue weighted by Crippen LogP contribution is 2.33. The maximum atomic E-state index is 11.7. The van der Waals surface area contributed by atoms with Gasteiger partial charge < -0.3 is 14.8 Å². The molecule has 3 rings (SSSR count). The Morgan fingerprint density at radius 2 is 2.14 bits per heavy atom. The molecule has 0 aliphatic heterocycles. The molecule has 0 aliphatic rings. The fourth-order valence-corrected chi connectivity index (χ4v) is 3.70. The Hall–Kier alpha value is -1.89. The molecule has 3 heterocycles. The number of carbonyl (C=O) groups excluding carboxylic acids is 1. The molecule has 108 valence electrons. The van der Waals surface area contributed by atoms with Crippen molar-refractivity contribution in [3.8, 4) is 9.75 Å². The van der Waals surface area contributed by atoms with Crippen LogP contribution in [0.25, 0.3) is 9.75 Å². The first-order chi connectivity index (χ1) is 10.2. The zero-order valence-electron chi connectivity index (χ0n) is 11.0. The average molecular weight is 319 g/mol. The van der Waals surface area contributed by atoms with Gasteiger partial charge in [-0.15, -0.1) is 22.7 Å². The van der Waals surface area contributed by atoms with Gasteiger partial charge in [-0.1, -0.05) is 6.07 Å². The summed E-state index contributed by atoms with van der Waals surface area (Å²) in [5.41, 5.74) is 0. The van der Waals surface area contributed by atoms with Gasteiger partial charge in [0.25, 0.3) is 5.91 Å². The molecule has 0 aromatic carbocycles. The summed E-state index contributed by atoms with van der Waals surface area (Å²) in [7, 11) is 0. The van der Waals surface area contributed by atoms with Crippen molar-refractivity contribution in [2.45, 2.75) is 6.10 Å². The number of thiophene rings is 2. The summed E-state index contributed by atoms with van der Waals surface area (Å²) in [6.45, 7) is 0.157. The molecular formula is C15H13NO3S2. The Kier molecular flexibility index (Phi) is 4.19. The van der Waals surface area contributed by atoms with Gasteiger partial charge in [0.2, 0.25) is 0 Å². The van der Waals surface area contributed by atoms with Gasteiger partial charge in [-0.2, -0.15) is 0 Å². The van der Waals surface area contributed by atoms with Gasteiger partial charge in [0.05, 0.1) is 6.26 Å². The van der Waals surface area contributed by atoms with E-state index in [1.54, 1.807) is 23.5 Å². The van der Waals surface area contributed by atoms with E-state index in [2.05, 4.69) is 5.32 Å². The summed E-state index contributed by atoms with van der Waals surface area (Å²) in [4.78, 5) is 14.9. The first-order valence-electron chi connectivity index (χ1n) is 6.37. The highest BCUT2D eigenvalue weighted by Gasteiger charge is 2.14. The molecule has 0 radical (unpaired) electrons. The molecular weight excluding hydrogens is 306 g/mol. The maximum Gasteiger partial charge on any atom is 0.287 e. The Bertz CT molecular complexity index is 701. The Morgan fingerprint density at radius 1 is 1.24 bits per heavy atom. The van der Waals surface area contributed by atoms with Gasteiger partial charge in [0.1, 0.15) is 6.10 Å². The largest absolute Gasteiger partial charge is 0.459 e. The normalized spacial score (nSPS) is 12.2. The van der Waals surface area contributed by atoms with Crippen molar-refractivity contribution in [1.82, 2.24) is 5.32 Å². The van der Waals surface area contributed by atoms with Gasteiger partial charge in [0, 0.05) is 21.2 Å². The van der Waals surface area contributed by atoms with Gasteiger partial charge >= 0.3 is 0 Å². The lowest BCUT2D eigenvalue weighted by Gasteiger charge is -2.09. The van der Waals surface area contributed by atoms with Crippen LogP contribution in [0.4, 0.5) is 0 Å². The lowest BCUT2D eigenvalue weighted by molar-refractivity contribution is 0.0890. The standard InChI is InChI=1S/C15H13NO3S2/c17-10(9-16-15(18)11-3-1-7-19-11)12-5-6-14(21-12)13-4-2-8-20-13/h1-8,10,17H,9H2,(H,16,18)/t10-/m1/s1. The number of nitrogens with one attached hydrogen (secondary N) is 1. The Balaban J connectivity index is 1.61. The third kappa shape index (κ3) is 3.24. The molecule has 3 aromatic rings. The number of rotatable bonds is 5. The van der Waals surface area contributed by atoms with Crippen LogP contribution in [0.15, 0.2) is 52.5 Å². The molecule has 0 spiro atoms. The summed E-state index contributed by atoms with van der Waals surface area (Å²) >= 11 is 3.20. The SMILES string of the molecule is O=C(NC[C@@H](O)c1ccc(-c2cccs2)s1)c1ccco1. The molecule has 0 saturated carbocycles. The molecule has 0 aliphatic carbocycles. The molecule has 1 atom stereocenters. The van der Waals surface area contributed by atoms with Crippen molar-refractivity contribution < 1.29 is 14.3 Å². The molecule has 0 unspecified atom stereocenters. The second kappa shape index (κ2) is 6.26. The lowest BCUT2D eigenvalue weighted by atomic mass is 10.2. The smallest absolute Gasteiger partial charge is 0.287 e. The van der Waals surface area contributed by atoms with Crippen molar-refractivity contribution in [3.05, 3.63) is 58.7 Å². The predicted octanol–water partition coefficient (Wildman–Crippen LogP) is 3.53. The molecule has 21 heavy (non-hydrogen) atoms. The average Bonchev–Trinajstić information content (AvgIpc) is 3.25. The van der Waals surface area contributed by atoms with Gasteiger partial charge in [-0.05, 0) is 35.7 Å². The zero-order chi connectivity index (χ0) is 14.7. The minimum atomic E-state index is -0.720. The summed E-state index contributed by atoms with van der Waals surface area (Å²) in [6, 6.07) is 11.2. The van der Waals surface area contributed by atoms with E-state index >= 15 is 0 Å². The third-order valence-electron chi connectivity index (χ3n) is 2.92. The van der Waals surface area contributed by atoms with Crippen LogP contribution in [0.2, 0.25) is 0 Å². The minimum Gasteiger partial charge on any atom is -0.459 e. The van der Waals surface area contributed by atoms with E-state index < -0.39 is 6.10 Å². The molecule has 3 aromatic heterocycles. The summed E-state index contributed by atoms with van der Waals surface area (Å²) in [6.07, 6.45) is 0.723. The van der Waals surface area contributed by atoms with Crippen LogP contribution in [0, 0.1) is 0 Å². The fourth-order valence-electron chi connectivity index (χ4n) is 1.87. The molecule has 0 saturated heterocycles.